The lowest BCUT2D eigenvalue weighted by Crippen LogP contribution is -2.61. The van der Waals surface area contributed by atoms with Crippen LogP contribution in [-0.2, 0) is 0 Å². The molecule has 2 aliphatic rings. The van der Waals surface area contributed by atoms with Gasteiger partial charge in [0.2, 0.25) is 0 Å². The van der Waals surface area contributed by atoms with Gasteiger partial charge in [0.15, 0.2) is 5.58 Å². The van der Waals surface area contributed by atoms with Crippen LogP contribution in [0.25, 0.3) is 21.9 Å². The number of fused-ring (bicyclic) bond motifs is 7. The van der Waals surface area contributed by atoms with Gasteiger partial charge in [-0.3, -0.25) is 0 Å². The van der Waals surface area contributed by atoms with E-state index >= 15 is 0 Å². The SMILES string of the molecule is Cc1cccc(N2c3cc(C)ccc3B3c4ccc(C)cc4N(c4cccc(C)c4)c4cc(N(c5ccccc5)c5cccc6c5oc5ccccc56)cc2c43)c1. The van der Waals surface area contributed by atoms with E-state index < -0.39 is 0 Å². The molecule has 2 aliphatic heterocycles. The Kier molecular flexibility index (Phi) is 7.49. The predicted molar refractivity (Wildman–Crippen MR) is 241 cm³/mol. The molecule has 5 heteroatoms. The molecule has 1 aromatic heterocycles. The Morgan fingerprint density at radius 2 is 0.982 bits per heavy atom. The molecule has 8 aromatic carbocycles. The molecular formula is C52H40BN3O. The monoisotopic (exact) mass is 733 g/mol. The molecule has 57 heavy (non-hydrogen) atoms. The van der Waals surface area contributed by atoms with Gasteiger partial charge in [-0.05, 0) is 139 Å². The van der Waals surface area contributed by atoms with Gasteiger partial charge in [0.1, 0.15) is 5.58 Å². The first-order valence-corrected chi connectivity index (χ1v) is 19.8. The van der Waals surface area contributed by atoms with Crippen LogP contribution in [0.15, 0.2) is 174 Å². The van der Waals surface area contributed by atoms with E-state index in [-0.39, 0.29) is 6.71 Å². The molecule has 0 unspecified atom stereocenters. The Bertz CT molecular complexity index is 2930. The molecule has 0 saturated heterocycles. The van der Waals surface area contributed by atoms with Gasteiger partial charge in [-0.1, -0.05) is 97.1 Å². The first-order chi connectivity index (χ1) is 27.9. The maximum Gasteiger partial charge on any atom is 0.252 e. The first kappa shape index (κ1) is 33.4. The number of rotatable bonds is 5. The molecule has 0 N–H and O–H groups in total. The summed E-state index contributed by atoms with van der Waals surface area (Å²) < 4.78 is 6.77. The van der Waals surface area contributed by atoms with Gasteiger partial charge in [-0.2, -0.15) is 0 Å². The van der Waals surface area contributed by atoms with Gasteiger partial charge < -0.3 is 19.1 Å². The number of hydrogen-bond acceptors (Lipinski definition) is 4. The largest absolute Gasteiger partial charge is 0.454 e. The molecule has 4 nitrogen and oxygen atoms in total. The van der Waals surface area contributed by atoms with E-state index in [0.29, 0.717) is 0 Å². The average molecular weight is 734 g/mol. The Labute approximate surface area is 333 Å². The highest BCUT2D eigenvalue weighted by Crippen LogP contribution is 2.49. The van der Waals surface area contributed by atoms with Crippen molar-refractivity contribution >= 4 is 96.2 Å². The van der Waals surface area contributed by atoms with Crippen LogP contribution in [-0.4, -0.2) is 6.71 Å². The van der Waals surface area contributed by atoms with E-state index in [1.165, 1.54) is 50.0 Å². The summed E-state index contributed by atoms with van der Waals surface area (Å²) in [6.45, 7) is 8.80. The summed E-state index contributed by atoms with van der Waals surface area (Å²) in [5.41, 5.74) is 20.7. The van der Waals surface area contributed by atoms with Crippen molar-refractivity contribution < 1.29 is 4.42 Å². The number of aryl methyl sites for hydroxylation is 4. The van der Waals surface area contributed by atoms with Crippen molar-refractivity contribution in [2.75, 3.05) is 14.7 Å². The lowest BCUT2D eigenvalue weighted by molar-refractivity contribution is 0.669. The van der Waals surface area contributed by atoms with Gasteiger partial charge in [-0.15, -0.1) is 0 Å². The van der Waals surface area contributed by atoms with Crippen LogP contribution in [0.1, 0.15) is 22.3 Å². The minimum atomic E-state index is 0.0290. The van der Waals surface area contributed by atoms with Crippen LogP contribution >= 0.6 is 0 Å². The zero-order chi connectivity index (χ0) is 38.4. The van der Waals surface area contributed by atoms with Crippen LogP contribution in [0, 0.1) is 27.7 Å². The smallest absolute Gasteiger partial charge is 0.252 e. The Balaban J connectivity index is 1.29. The van der Waals surface area contributed by atoms with E-state index in [1.54, 1.807) is 0 Å². The zero-order valence-corrected chi connectivity index (χ0v) is 32.5. The van der Waals surface area contributed by atoms with E-state index in [1.807, 2.05) is 6.07 Å². The fourth-order valence-electron chi connectivity index (χ4n) is 9.33. The standard InChI is InChI=1S/C52H40BN3O/c1-33-13-10-17-38(27-33)55-46-29-35(3)23-25-43(46)53-44-26-24-36(4)30-47(44)56(39-18-11-14-34(2)28-39)49-32-40(31-48(55)51(49)53)54(37-15-6-5-7-16-37)45-21-12-20-42-41-19-8-9-22-50(41)57-52(42)45/h5-32H,1-4H3. The molecule has 3 heterocycles. The fraction of sp³-hybridized carbons (Fsp3) is 0.0769. The van der Waals surface area contributed by atoms with Crippen LogP contribution < -0.4 is 31.1 Å². The third-order valence-corrected chi connectivity index (χ3v) is 11.8. The summed E-state index contributed by atoms with van der Waals surface area (Å²) in [5.74, 6) is 0. The molecule has 0 bridgehead atoms. The van der Waals surface area contributed by atoms with Crippen molar-refractivity contribution in [1.82, 2.24) is 0 Å². The third kappa shape index (κ3) is 5.23. The van der Waals surface area contributed by atoms with E-state index in [2.05, 4.69) is 206 Å². The Hall–Kier alpha value is -6.98. The van der Waals surface area contributed by atoms with Gasteiger partial charge >= 0.3 is 0 Å². The Morgan fingerprint density at radius 1 is 0.439 bits per heavy atom. The van der Waals surface area contributed by atoms with Crippen LogP contribution in [0.5, 0.6) is 0 Å². The molecule has 0 atom stereocenters. The lowest BCUT2D eigenvalue weighted by Gasteiger charge is -2.45. The number of benzene rings is 8. The highest BCUT2D eigenvalue weighted by Gasteiger charge is 2.44. The van der Waals surface area contributed by atoms with Crippen molar-refractivity contribution in [2.45, 2.75) is 27.7 Å². The van der Waals surface area contributed by atoms with Crippen molar-refractivity contribution in [3.8, 4) is 0 Å². The summed E-state index contributed by atoms with van der Waals surface area (Å²) in [7, 11) is 0. The maximum absolute atomic E-state index is 6.77. The summed E-state index contributed by atoms with van der Waals surface area (Å²) >= 11 is 0. The average Bonchev–Trinajstić information content (AvgIpc) is 3.61. The second-order valence-corrected chi connectivity index (χ2v) is 15.7. The van der Waals surface area contributed by atoms with Crippen molar-refractivity contribution in [3.05, 3.63) is 192 Å². The molecule has 272 valence electrons. The van der Waals surface area contributed by atoms with Gasteiger partial charge in [-0.25, -0.2) is 0 Å². The van der Waals surface area contributed by atoms with Crippen molar-refractivity contribution in [3.63, 3.8) is 0 Å². The predicted octanol–water partition coefficient (Wildman–Crippen LogP) is 12.4. The molecule has 0 fully saturated rings. The second kappa shape index (κ2) is 12.8. The van der Waals surface area contributed by atoms with Crippen molar-refractivity contribution in [2.24, 2.45) is 0 Å². The quantitative estimate of drug-likeness (QED) is 0.164. The highest BCUT2D eigenvalue weighted by atomic mass is 16.3. The van der Waals surface area contributed by atoms with Gasteiger partial charge in [0.05, 0.1) is 11.4 Å². The minimum absolute atomic E-state index is 0.0290. The molecule has 0 amide bonds. The summed E-state index contributed by atoms with van der Waals surface area (Å²) in [6.07, 6.45) is 0. The molecule has 0 aliphatic carbocycles. The minimum Gasteiger partial charge on any atom is -0.454 e. The summed E-state index contributed by atoms with van der Waals surface area (Å²) in [6, 6.07) is 62.3. The summed E-state index contributed by atoms with van der Waals surface area (Å²) in [5, 5.41) is 2.21. The fourth-order valence-corrected chi connectivity index (χ4v) is 9.33. The molecule has 0 radical (unpaired) electrons. The van der Waals surface area contributed by atoms with Gasteiger partial charge in [0.25, 0.3) is 6.71 Å². The van der Waals surface area contributed by atoms with Gasteiger partial charge in [0, 0.05) is 50.6 Å². The zero-order valence-electron chi connectivity index (χ0n) is 32.5. The molecule has 0 spiro atoms. The third-order valence-electron chi connectivity index (χ3n) is 11.8. The van der Waals surface area contributed by atoms with Crippen LogP contribution in [0.4, 0.5) is 51.2 Å². The summed E-state index contributed by atoms with van der Waals surface area (Å²) in [4.78, 5) is 7.40. The molecule has 9 aromatic rings. The number of para-hydroxylation sites is 3. The second-order valence-electron chi connectivity index (χ2n) is 15.7. The lowest BCUT2D eigenvalue weighted by atomic mass is 9.33. The van der Waals surface area contributed by atoms with Crippen LogP contribution in [0.2, 0.25) is 0 Å². The number of nitrogens with zero attached hydrogens (tertiary/aromatic N) is 3. The maximum atomic E-state index is 6.77. The van der Waals surface area contributed by atoms with E-state index in [0.717, 1.165) is 61.8 Å². The van der Waals surface area contributed by atoms with E-state index in [4.69, 9.17) is 4.42 Å². The highest BCUT2D eigenvalue weighted by molar-refractivity contribution is 7.00. The number of furan rings is 1. The normalized spacial score (nSPS) is 12.8. The molecular weight excluding hydrogens is 693 g/mol. The van der Waals surface area contributed by atoms with Crippen LogP contribution in [0.3, 0.4) is 0 Å². The molecule has 11 rings (SSSR count). The number of hydrogen-bond donors (Lipinski definition) is 0. The topological polar surface area (TPSA) is 22.9 Å². The number of anilines is 9. The molecule has 0 saturated carbocycles. The first-order valence-electron chi connectivity index (χ1n) is 19.8. The van der Waals surface area contributed by atoms with Crippen molar-refractivity contribution in [1.29, 1.82) is 0 Å². The van der Waals surface area contributed by atoms with E-state index in [9.17, 15) is 0 Å². The Morgan fingerprint density at radius 3 is 1.60 bits per heavy atom.